The number of rotatable bonds is 3. The van der Waals surface area contributed by atoms with E-state index in [2.05, 4.69) is 6.08 Å². The molecule has 0 spiro atoms. The third-order valence-electron chi connectivity index (χ3n) is 5.08. The van der Waals surface area contributed by atoms with Gasteiger partial charge in [0.2, 0.25) is 0 Å². The van der Waals surface area contributed by atoms with E-state index in [0.29, 0.717) is 10.6 Å². The predicted molar refractivity (Wildman–Crippen MR) is 85.2 cm³/mol. The number of fused-ring (bicyclic) bond motifs is 5. The van der Waals surface area contributed by atoms with Crippen LogP contribution in [0, 0.1) is 23.7 Å². The number of allylic oxidation sites excluding steroid dienone is 4. The van der Waals surface area contributed by atoms with E-state index in [1.807, 2.05) is 6.08 Å². The Kier molecular flexibility index (Phi) is 3.34. The average Bonchev–Trinajstić information content (AvgIpc) is 3.19. The first kappa shape index (κ1) is 14.6. The van der Waals surface area contributed by atoms with Crippen molar-refractivity contribution in [1.82, 2.24) is 0 Å². The molecule has 23 heavy (non-hydrogen) atoms. The number of ether oxygens (including phenoxy) is 1. The summed E-state index contributed by atoms with van der Waals surface area (Å²) in [6.07, 6.45) is 6.27. The summed E-state index contributed by atoms with van der Waals surface area (Å²) in [4.78, 5) is 25.9. The Labute approximate surface area is 136 Å². The summed E-state index contributed by atoms with van der Waals surface area (Å²) in [7, 11) is -0.0752. The Hall–Kier alpha value is -2.01. The van der Waals surface area contributed by atoms with E-state index < -0.39 is 10.8 Å². The second-order valence-electron chi connectivity index (χ2n) is 6.22. The summed E-state index contributed by atoms with van der Waals surface area (Å²) in [5, 5.41) is 0. The van der Waals surface area contributed by atoms with Gasteiger partial charge in [0.05, 0.1) is 22.8 Å². The van der Waals surface area contributed by atoms with E-state index in [1.54, 1.807) is 31.4 Å². The quantitative estimate of drug-likeness (QED) is 0.799. The van der Waals surface area contributed by atoms with E-state index in [0.717, 1.165) is 6.42 Å². The molecule has 0 saturated heterocycles. The average molecular weight is 328 g/mol. The molecule has 0 unspecified atom stereocenters. The van der Waals surface area contributed by atoms with Gasteiger partial charge in [-0.15, -0.1) is 0 Å². The maximum atomic E-state index is 12.8. The smallest absolute Gasteiger partial charge is 0.176 e. The van der Waals surface area contributed by atoms with Crippen molar-refractivity contribution in [2.75, 3.05) is 7.11 Å². The normalized spacial score (nSPS) is 32.7. The molecule has 5 heteroatoms. The van der Waals surface area contributed by atoms with Crippen molar-refractivity contribution in [3.8, 4) is 5.75 Å². The Morgan fingerprint density at radius 3 is 2.35 bits per heavy atom. The molecular formula is C18H16O4S. The van der Waals surface area contributed by atoms with Gasteiger partial charge in [0.15, 0.2) is 11.6 Å². The molecule has 4 rings (SSSR count). The van der Waals surface area contributed by atoms with Gasteiger partial charge in [-0.05, 0) is 42.5 Å². The summed E-state index contributed by atoms with van der Waals surface area (Å²) in [6.45, 7) is 0. The van der Waals surface area contributed by atoms with Crippen molar-refractivity contribution in [1.29, 1.82) is 0 Å². The van der Waals surface area contributed by atoms with Crippen molar-refractivity contribution >= 4 is 22.4 Å². The van der Waals surface area contributed by atoms with E-state index in [1.165, 1.54) is 6.08 Å². The molecule has 0 aromatic heterocycles. The molecule has 3 aliphatic rings. The highest BCUT2D eigenvalue weighted by Gasteiger charge is 2.54. The Morgan fingerprint density at radius 2 is 1.70 bits per heavy atom. The Bertz CT molecular complexity index is 775. The third-order valence-corrected chi connectivity index (χ3v) is 6.50. The number of methoxy groups -OCH3 is 1. The highest BCUT2D eigenvalue weighted by atomic mass is 32.2. The van der Waals surface area contributed by atoms with Crippen LogP contribution in [-0.4, -0.2) is 22.9 Å². The molecule has 0 aliphatic heterocycles. The van der Waals surface area contributed by atoms with Crippen LogP contribution in [0.5, 0.6) is 5.75 Å². The number of ketones is 2. The van der Waals surface area contributed by atoms with E-state index in [4.69, 9.17) is 4.74 Å². The molecule has 4 nitrogen and oxygen atoms in total. The zero-order valence-electron chi connectivity index (χ0n) is 12.6. The second-order valence-corrected chi connectivity index (χ2v) is 7.67. The summed E-state index contributed by atoms with van der Waals surface area (Å²) in [6, 6.07) is 6.73. The van der Waals surface area contributed by atoms with Crippen molar-refractivity contribution in [2.45, 2.75) is 11.3 Å². The highest BCUT2D eigenvalue weighted by molar-refractivity contribution is 7.90. The number of carbonyl (C=O) groups excluding carboxylic acids is 2. The summed E-state index contributed by atoms with van der Waals surface area (Å²) < 4.78 is 17.8. The minimum atomic E-state index is -1.63. The molecule has 1 aromatic carbocycles. The lowest BCUT2D eigenvalue weighted by Crippen LogP contribution is -2.38. The van der Waals surface area contributed by atoms with Crippen LogP contribution in [0.2, 0.25) is 0 Å². The van der Waals surface area contributed by atoms with Crippen molar-refractivity contribution in [2.24, 2.45) is 23.7 Å². The van der Waals surface area contributed by atoms with Crippen LogP contribution in [0.1, 0.15) is 6.42 Å². The van der Waals surface area contributed by atoms with E-state index >= 15 is 0 Å². The summed E-state index contributed by atoms with van der Waals surface area (Å²) in [5.74, 6) is 0.216. The largest absolute Gasteiger partial charge is 0.497 e. The first-order valence-electron chi connectivity index (χ1n) is 7.64. The lowest BCUT2D eigenvalue weighted by atomic mass is 9.75. The van der Waals surface area contributed by atoms with Crippen LogP contribution in [0.15, 0.2) is 52.3 Å². The van der Waals surface area contributed by atoms with Gasteiger partial charge in [0, 0.05) is 22.8 Å². The number of hydrogen-bond donors (Lipinski definition) is 0. The Balaban J connectivity index is 1.67. The topological polar surface area (TPSA) is 60.4 Å². The van der Waals surface area contributed by atoms with Crippen LogP contribution in [0.25, 0.3) is 0 Å². The molecule has 118 valence electrons. The predicted octanol–water partition coefficient (Wildman–Crippen LogP) is 2.28. The van der Waals surface area contributed by atoms with Gasteiger partial charge in [-0.25, -0.2) is 4.21 Å². The van der Waals surface area contributed by atoms with Crippen molar-refractivity contribution in [3.05, 3.63) is 47.4 Å². The van der Waals surface area contributed by atoms with Crippen LogP contribution >= 0.6 is 0 Å². The van der Waals surface area contributed by atoms with Gasteiger partial charge in [-0.1, -0.05) is 12.2 Å². The fourth-order valence-electron chi connectivity index (χ4n) is 4.00. The van der Waals surface area contributed by atoms with Crippen LogP contribution in [0.3, 0.4) is 0 Å². The molecule has 0 heterocycles. The monoisotopic (exact) mass is 328 g/mol. The molecule has 1 fully saturated rings. The minimum absolute atomic E-state index is 0.0525. The van der Waals surface area contributed by atoms with Crippen molar-refractivity contribution in [3.63, 3.8) is 0 Å². The molecular weight excluding hydrogens is 312 g/mol. The SMILES string of the molecule is COc1ccc([S@](=O)C2=CC(=O)[C@H]3[C@@H](C2=O)[C@H]2C=C[C@@H]3C2)cc1. The lowest BCUT2D eigenvalue weighted by Gasteiger charge is -2.29. The van der Waals surface area contributed by atoms with Gasteiger partial charge in [0.1, 0.15) is 5.75 Å². The van der Waals surface area contributed by atoms with Crippen LogP contribution in [0.4, 0.5) is 0 Å². The zero-order chi connectivity index (χ0) is 16.1. The van der Waals surface area contributed by atoms with Gasteiger partial charge in [-0.2, -0.15) is 0 Å². The third kappa shape index (κ3) is 2.14. The first-order valence-corrected chi connectivity index (χ1v) is 8.79. The second kappa shape index (κ2) is 5.27. The van der Waals surface area contributed by atoms with Crippen molar-refractivity contribution < 1.29 is 18.5 Å². The molecule has 2 bridgehead atoms. The molecule has 1 saturated carbocycles. The molecule has 0 amide bonds. The number of hydrogen-bond acceptors (Lipinski definition) is 4. The number of carbonyl (C=O) groups is 2. The zero-order valence-corrected chi connectivity index (χ0v) is 13.4. The number of benzene rings is 1. The summed E-state index contributed by atoms with van der Waals surface area (Å²) >= 11 is 0. The first-order chi connectivity index (χ1) is 11.1. The highest BCUT2D eigenvalue weighted by Crippen LogP contribution is 2.51. The molecule has 0 radical (unpaired) electrons. The minimum Gasteiger partial charge on any atom is -0.497 e. The molecule has 1 aromatic rings. The molecule has 0 N–H and O–H groups in total. The fraction of sp³-hybridized carbons (Fsp3) is 0.333. The number of Topliss-reactive ketones (excluding diaryl/α,β-unsaturated/α-hetero) is 1. The van der Waals surface area contributed by atoms with Gasteiger partial charge in [0.25, 0.3) is 0 Å². The maximum absolute atomic E-state index is 12.8. The Morgan fingerprint density at radius 1 is 1.04 bits per heavy atom. The standard InChI is InChI=1S/C18H16O4S/c1-22-12-4-6-13(7-5-12)23(21)15-9-14(19)16-10-2-3-11(8-10)17(16)18(15)20/h2-7,9-11,16-17H,8H2,1H3/t10-,11+,16+,17+,23+/m1/s1. The van der Waals surface area contributed by atoms with E-state index in [-0.39, 0.29) is 40.1 Å². The fourth-order valence-corrected chi connectivity index (χ4v) is 5.18. The van der Waals surface area contributed by atoms with Gasteiger partial charge >= 0.3 is 0 Å². The maximum Gasteiger partial charge on any atom is 0.176 e. The van der Waals surface area contributed by atoms with Gasteiger partial charge < -0.3 is 4.74 Å². The summed E-state index contributed by atoms with van der Waals surface area (Å²) in [5.41, 5.74) is 0. The van der Waals surface area contributed by atoms with Gasteiger partial charge in [-0.3, -0.25) is 9.59 Å². The van der Waals surface area contributed by atoms with Crippen LogP contribution in [-0.2, 0) is 20.4 Å². The molecule has 5 atom stereocenters. The lowest BCUT2D eigenvalue weighted by molar-refractivity contribution is -0.129. The molecule has 3 aliphatic carbocycles. The van der Waals surface area contributed by atoms with Crippen LogP contribution < -0.4 is 4.74 Å². The van der Waals surface area contributed by atoms with E-state index in [9.17, 15) is 13.8 Å².